The predicted octanol–water partition coefficient (Wildman–Crippen LogP) is 4.33. The smallest absolute Gasteiger partial charge is 0.254 e. The molecule has 2 aromatic rings. The summed E-state index contributed by atoms with van der Waals surface area (Å²) < 4.78 is 1.00. The Morgan fingerprint density at radius 3 is 2.76 bits per heavy atom. The lowest BCUT2D eigenvalue weighted by atomic mass is 10.1. The van der Waals surface area contributed by atoms with Crippen molar-refractivity contribution in [1.29, 1.82) is 0 Å². The summed E-state index contributed by atoms with van der Waals surface area (Å²) in [5.41, 5.74) is 2.46. The Bertz CT molecular complexity index is 660. The third kappa shape index (κ3) is 4.29. The third-order valence-electron chi connectivity index (χ3n) is 3.11. The SMILES string of the molecule is CCc1cc(C(=O)N(C)Cc2cccc(Br)c2)cc(Cl)n1. The van der Waals surface area contributed by atoms with Crippen LogP contribution in [0.25, 0.3) is 0 Å². The zero-order valence-corrected chi connectivity index (χ0v) is 14.3. The van der Waals surface area contributed by atoms with Crippen molar-refractivity contribution >= 4 is 33.4 Å². The van der Waals surface area contributed by atoms with Crippen molar-refractivity contribution in [3.63, 3.8) is 0 Å². The van der Waals surface area contributed by atoms with Crippen LogP contribution in [0.15, 0.2) is 40.9 Å². The molecule has 0 atom stereocenters. The second-order valence-corrected chi connectivity index (χ2v) is 6.12. The number of hydrogen-bond acceptors (Lipinski definition) is 2. The molecular weight excluding hydrogens is 352 g/mol. The summed E-state index contributed by atoms with van der Waals surface area (Å²) in [4.78, 5) is 18.3. The van der Waals surface area contributed by atoms with E-state index in [4.69, 9.17) is 11.6 Å². The van der Waals surface area contributed by atoms with E-state index in [-0.39, 0.29) is 5.91 Å². The average Bonchev–Trinajstić information content (AvgIpc) is 2.45. The van der Waals surface area contributed by atoms with Crippen LogP contribution in [0.5, 0.6) is 0 Å². The van der Waals surface area contributed by atoms with Crippen molar-refractivity contribution in [3.8, 4) is 0 Å². The molecule has 5 heteroatoms. The second kappa shape index (κ2) is 7.05. The summed E-state index contributed by atoms with van der Waals surface area (Å²) in [6.07, 6.45) is 0.746. The molecule has 0 spiro atoms. The van der Waals surface area contributed by atoms with E-state index >= 15 is 0 Å². The van der Waals surface area contributed by atoms with Crippen LogP contribution in [0, 0.1) is 0 Å². The Kier molecular flexibility index (Phi) is 5.37. The van der Waals surface area contributed by atoms with Crippen molar-refractivity contribution in [1.82, 2.24) is 9.88 Å². The lowest BCUT2D eigenvalue weighted by Crippen LogP contribution is -2.26. The van der Waals surface area contributed by atoms with E-state index in [1.165, 1.54) is 0 Å². The minimum absolute atomic E-state index is 0.0611. The van der Waals surface area contributed by atoms with Gasteiger partial charge in [0.25, 0.3) is 5.91 Å². The van der Waals surface area contributed by atoms with Crippen molar-refractivity contribution in [3.05, 3.63) is 62.8 Å². The second-order valence-electron chi connectivity index (χ2n) is 4.81. The van der Waals surface area contributed by atoms with Crippen molar-refractivity contribution in [2.45, 2.75) is 19.9 Å². The van der Waals surface area contributed by atoms with Crippen molar-refractivity contribution < 1.29 is 4.79 Å². The number of benzene rings is 1. The fourth-order valence-electron chi connectivity index (χ4n) is 2.06. The van der Waals surface area contributed by atoms with E-state index in [2.05, 4.69) is 20.9 Å². The van der Waals surface area contributed by atoms with Crippen LogP contribution in [0.3, 0.4) is 0 Å². The number of rotatable bonds is 4. The van der Waals surface area contributed by atoms with Gasteiger partial charge < -0.3 is 4.90 Å². The molecule has 3 nitrogen and oxygen atoms in total. The van der Waals surface area contributed by atoms with Crippen LogP contribution in [0.2, 0.25) is 5.15 Å². The maximum atomic E-state index is 12.5. The summed E-state index contributed by atoms with van der Waals surface area (Å²) in [7, 11) is 1.78. The van der Waals surface area contributed by atoms with Gasteiger partial charge in [0.2, 0.25) is 0 Å². The molecule has 2 rings (SSSR count). The van der Waals surface area contributed by atoms with Gasteiger partial charge in [0.1, 0.15) is 5.15 Å². The molecule has 21 heavy (non-hydrogen) atoms. The highest BCUT2D eigenvalue weighted by molar-refractivity contribution is 9.10. The van der Waals surface area contributed by atoms with Crippen LogP contribution in [-0.4, -0.2) is 22.8 Å². The Labute approximate surface area is 138 Å². The topological polar surface area (TPSA) is 33.2 Å². The first-order chi connectivity index (χ1) is 9.99. The number of aryl methyl sites for hydroxylation is 1. The molecule has 0 aliphatic heterocycles. The minimum Gasteiger partial charge on any atom is -0.337 e. The normalized spacial score (nSPS) is 10.5. The molecule has 0 N–H and O–H groups in total. The molecule has 0 unspecified atom stereocenters. The summed E-state index contributed by atoms with van der Waals surface area (Å²) in [6.45, 7) is 2.53. The molecule has 1 heterocycles. The van der Waals surface area contributed by atoms with E-state index in [1.807, 2.05) is 31.2 Å². The quantitative estimate of drug-likeness (QED) is 0.754. The Hall–Kier alpha value is -1.39. The van der Waals surface area contributed by atoms with E-state index < -0.39 is 0 Å². The van der Waals surface area contributed by atoms with Crippen LogP contribution in [-0.2, 0) is 13.0 Å². The van der Waals surface area contributed by atoms with E-state index in [9.17, 15) is 4.79 Å². The molecule has 0 saturated carbocycles. The highest BCUT2D eigenvalue weighted by atomic mass is 79.9. The van der Waals surface area contributed by atoms with Crippen LogP contribution < -0.4 is 0 Å². The maximum absolute atomic E-state index is 12.5. The molecular formula is C16H16BrClN2O. The fraction of sp³-hybridized carbons (Fsp3) is 0.250. The standard InChI is InChI=1S/C16H16BrClN2O/c1-3-14-8-12(9-15(18)19-14)16(21)20(2)10-11-5-4-6-13(17)7-11/h4-9H,3,10H2,1-2H3. The Balaban J connectivity index is 2.17. The first-order valence-electron chi connectivity index (χ1n) is 6.66. The van der Waals surface area contributed by atoms with Crippen molar-refractivity contribution in [2.24, 2.45) is 0 Å². The van der Waals surface area contributed by atoms with Crippen LogP contribution >= 0.6 is 27.5 Å². The van der Waals surface area contributed by atoms with Gasteiger partial charge in [-0.1, -0.05) is 46.6 Å². The lowest BCUT2D eigenvalue weighted by molar-refractivity contribution is 0.0785. The highest BCUT2D eigenvalue weighted by Crippen LogP contribution is 2.16. The number of carbonyl (C=O) groups is 1. The predicted molar refractivity (Wildman–Crippen MR) is 88.6 cm³/mol. The van der Waals surface area contributed by atoms with E-state index in [0.717, 1.165) is 22.2 Å². The van der Waals surface area contributed by atoms with E-state index in [0.29, 0.717) is 17.3 Å². The number of carbonyl (C=O) groups excluding carboxylic acids is 1. The molecule has 1 aromatic heterocycles. The van der Waals surface area contributed by atoms with Crippen LogP contribution in [0.4, 0.5) is 0 Å². The lowest BCUT2D eigenvalue weighted by Gasteiger charge is -2.18. The fourth-order valence-corrected chi connectivity index (χ4v) is 2.73. The number of aromatic nitrogens is 1. The average molecular weight is 368 g/mol. The molecule has 0 bridgehead atoms. The minimum atomic E-state index is -0.0611. The first kappa shape index (κ1) is 16.0. The molecule has 0 radical (unpaired) electrons. The molecule has 0 aliphatic carbocycles. The van der Waals surface area contributed by atoms with Gasteiger partial charge in [-0.15, -0.1) is 0 Å². The summed E-state index contributed by atoms with van der Waals surface area (Å²) in [6, 6.07) is 11.3. The zero-order chi connectivity index (χ0) is 15.4. The third-order valence-corrected chi connectivity index (χ3v) is 3.80. The van der Waals surface area contributed by atoms with Gasteiger partial charge in [-0.3, -0.25) is 4.79 Å². The van der Waals surface area contributed by atoms with Gasteiger partial charge in [0.05, 0.1) is 0 Å². The van der Waals surface area contributed by atoms with Crippen molar-refractivity contribution in [2.75, 3.05) is 7.05 Å². The molecule has 0 fully saturated rings. The Morgan fingerprint density at radius 1 is 1.33 bits per heavy atom. The first-order valence-corrected chi connectivity index (χ1v) is 7.83. The van der Waals surface area contributed by atoms with Gasteiger partial charge in [-0.2, -0.15) is 0 Å². The number of hydrogen-bond donors (Lipinski definition) is 0. The molecule has 0 aliphatic rings. The number of pyridine rings is 1. The van der Waals surface area contributed by atoms with Gasteiger partial charge in [-0.25, -0.2) is 4.98 Å². The summed E-state index contributed by atoms with van der Waals surface area (Å²) in [5.74, 6) is -0.0611. The van der Waals surface area contributed by atoms with Gasteiger partial charge >= 0.3 is 0 Å². The largest absolute Gasteiger partial charge is 0.337 e. The zero-order valence-electron chi connectivity index (χ0n) is 11.9. The Morgan fingerprint density at radius 2 is 2.10 bits per heavy atom. The monoisotopic (exact) mass is 366 g/mol. The molecule has 110 valence electrons. The van der Waals surface area contributed by atoms with Gasteiger partial charge in [-0.05, 0) is 36.2 Å². The summed E-state index contributed by atoms with van der Waals surface area (Å²) in [5, 5.41) is 0.355. The number of nitrogens with zero attached hydrogens (tertiary/aromatic N) is 2. The van der Waals surface area contributed by atoms with E-state index in [1.54, 1.807) is 24.1 Å². The molecule has 0 saturated heterocycles. The summed E-state index contributed by atoms with van der Waals surface area (Å²) >= 11 is 9.40. The van der Waals surface area contributed by atoms with Gasteiger partial charge in [0, 0.05) is 29.3 Å². The molecule has 1 aromatic carbocycles. The maximum Gasteiger partial charge on any atom is 0.254 e. The van der Waals surface area contributed by atoms with Crippen LogP contribution in [0.1, 0.15) is 28.5 Å². The number of halogens is 2. The van der Waals surface area contributed by atoms with Gasteiger partial charge in [0.15, 0.2) is 0 Å². The highest BCUT2D eigenvalue weighted by Gasteiger charge is 2.14. The molecule has 1 amide bonds. The number of amides is 1.